The van der Waals surface area contributed by atoms with Crippen LogP contribution in [-0.4, -0.2) is 33.1 Å². The number of hydrogen-bond donors (Lipinski definition) is 2. The molecule has 1 aromatic heterocycles. The number of carbonyl (C=O) groups is 2. The molecule has 1 fully saturated rings. The fourth-order valence-electron chi connectivity index (χ4n) is 2.38. The summed E-state index contributed by atoms with van der Waals surface area (Å²) in [4.78, 5) is 23.7. The van der Waals surface area contributed by atoms with E-state index in [1.165, 1.54) is 6.20 Å². The Balaban J connectivity index is 1.98. The van der Waals surface area contributed by atoms with Gasteiger partial charge in [-0.25, -0.2) is 0 Å². The molecular weight excluding hydrogens is 266 g/mol. The van der Waals surface area contributed by atoms with Crippen LogP contribution in [0.5, 0.6) is 0 Å². The Morgan fingerprint density at radius 1 is 1.53 bits per heavy atom. The van der Waals surface area contributed by atoms with Gasteiger partial charge in [-0.1, -0.05) is 11.4 Å². The second-order valence-electron chi connectivity index (χ2n) is 5.23. The number of carboxylic acid groups (broad SMARTS) is 1. The largest absolute Gasteiger partial charge is 0.481 e. The molecule has 1 aromatic rings. The number of aliphatic carboxylic acids is 1. The Bertz CT molecular complexity index is 453. The minimum atomic E-state index is -0.819. The van der Waals surface area contributed by atoms with Gasteiger partial charge in [0, 0.05) is 6.54 Å². The molecule has 0 bridgehead atoms. The molecule has 1 saturated carbocycles. The SMILES string of the molecule is CC1CCC(CNC(=O)c2cnns2)(C(=O)O)CC1. The second kappa shape index (κ2) is 5.64. The van der Waals surface area contributed by atoms with Gasteiger partial charge in [-0.3, -0.25) is 9.59 Å². The van der Waals surface area contributed by atoms with Crippen LogP contribution in [0.25, 0.3) is 0 Å². The first-order valence-electron chi connectivity index (χ1n) is 6.32. The van der Waals surface area contributed by atoms with Crippen LogP contribution in [0.15, 0.2) is 6.20 Å². The maximum atomic E-state index is 11.8. The van der Waals surface area contributed by atoms with Crippen LogP contribution in [-0.2, 0) is 4.79 Å². The zero-order valence-corrected chi connectivity index (χ0v) is 11.6. The summed E-state index contributed by atoms with van der Waals surface area (Å²) < 4.78 is 3.61. The maximum Gasteiger partial charge on any atom is 0.311 e. The third-order valence-electron chi connectivity index (χ3n) is 3.86. The van der Waals surface area contributed by atoms with E-state index in [0.29, 0.717) is 23.6 Å². The molecule has 2 rings (SSSR count). The number of hydrogen-bond acceptors (Lipinski definition) is 5. The van der Waals surface area contributed by atoms with Crippen molar-refractivity contribution in [2.75, 3.05) is 6.54 Å². The third-order valence-corrected chi connectivity index (χ3v) is 4.52. The zero-order chi connectivity index (χ0) is 13.9. The summed E-state index contributed by atoms with van der Waals surface area (Å²) in [6.07, 6.45) is 4.40. The summed E-state index contributed by atoms with van der Waals surface area (Å²) in [5, 5.41) is 15.7. The van der Waals surface area contributed by atoms with E-state index in [1.807, 2.05) is 0 Å². The first-order valence-corrected chi connectivity index (χ1v) is 7.10. The molecule has 1 amide bonds. The summed E-state index contributed by atoms with van der Waals surface area (Å²) in [5.41, 5.74) is -0.819. The highest BCUT2D eigenvalue weighted by atomic mass is 32.1. The van der Waals surface area contributed by atoms with Gasteiger partial charge < -0.3 is 10.4 Å². The number of rotatable bonds is 4. The lowest BCUT2D eigenvalue weighted by Crippen LogP contribution is -2.45. The standard InChI is InChI=1S/C12H17N3O3S/c1-8-2-4-12(5-3-8,11(17)18)7-13-10(16)9-6-14-15-19-9/h6,8H,2-5,7H2,1H3,(H,13,16)(H,17,18). The van der Waals surface area contributed by atoms with Crippen molar-refractivity contribution >= 4 is 23.4 Å². The van der Waals surface area contributed by atoms with E-state index < -0.39 is 11.4 Å². The Kier molecular flexibility index (Phi) is 4.14. The molecule has 0 radical (unpaired) electrons. The molecule has 0 aromatic carbocycles. The third kappa shape index (κ3) is 3.09. The first kappa shape index (κ1) is 13.9. The van der Waals surface area contributed by atoms with Crippen LogP contribution in [0.4, 0.5) is 0 Å². The number of amides is 1. The van der Waals surface area contributed by atoms with Crippen LogP contribution in [0.3, 0.4) is 0 Å². The molecular formula is C12H17N3O3S. The Labute approximate surface area is 115 Å². The van der Waals surface area contributed by atoms with Gasteiger partial charge >= 0.3 is 5.97 Å². The molecule has 1 aliphatic rings. The molecule has 0 aliphatic heterocycles. The van der Waals surface area contributed by atoms with Gasteiger partial charge in [0.2, 0.25) is 0 Å². The predicted octanol–water partition coefficient (Wildman–Crippen LogP) is 1.55. The molecule has 1 aliphatic carbocycles. The quantitative estimate of drug-likeness (QED) is 0.874. The molecule has 19 heavy (non-hydrogen) atoms. The number of carbonyl (C=O) groups excluding carboxylic acids is 1. The predicted molar refractivity (Wildman–Crippen MR) is 69.9 cm³/mol. The molecule has 0 atom stereocenters. The van der Waals surface area contributed by atoms with Gasteiger partial charge in [-0.15, -0.1) is 5.10 Å². The van der Waals surface area contributed by atoms with Gasteiger partial charge in [0.05, 0.1) is 11.6 Å². The summed E-state index contributed by atoms with van der Waals surface area (Å²) >= 11 is 1.00. The Morgan fingerprint density at radius 2 is 2.21 bits per heavy atom. The van der Waals surface area contributed by atoms with Crippen LogP contribution in [0, 0.1) is 11.3 Å². The highest BCUT2D eigenvalue weighted by molar-refractivity contribution is 7.07. The zero-order valence-electron chi connectivity index (χ0n) is 10.8. The monoisotopic (exact) mass is 283 g/mol. The van der Waals surface area contributed by atoms with Gasteiger partial charge in [0.1, 0.15) is 4.88 Å². The van der Waals surface area contributed by atoms with Gasteiger partial charge in [-0.05, 0) is 43.1 Å². The van der Waals surface area contributed by atoms with E-state index in [4.69, 9.17) is 0 Å². The van der Waals surface area contributed by atoms with Crippen LogP contribution in [0.2, 0.25) is 0 Å². The van der Waals surface area contributed by atoms with Crippen LogP contribution >= 0.6 is 11.5 Å². The number of nitrogens with zero attached hydrogens (tertiary/aromatic N) is 2. The number of nitrogens with one attached hydrogen (secondary N) is 1. The van der Waals surface area contributed by atoms with Crippen molar-refractivity contribution in [2.45, 2.75) is 32.6 Å². The molecule has 104 valence electrons. The summed E-state index contributed by atoms with van der Waals surface area (Å²) in [6, 6.07) is 0. The van der Waals surface area contributed by atoms with Crippen LogP contribution < -0.4 is 5.32 Å². The fraction of sp³-hybridized carbons (Fsp3) is 0.667. The van der Waals surface area contributed by atoms with E-state index in [2.05, 4.69) is 21.8 Å². The summed E-state index contributed by atoms with van der Waals surface area (Å²) in [6.45, 7) is 2.30. The highest BCUT2D eigenvalue weighted by Gasteiger charge is 2.41. The summed E-state index contributed by atoms with van der Waals surface area (Å²) in [5.74, 6) is -0.551. The smallest absolute Gasteiger partial charge is 0.311 e. The van der Waals surface area contributed by atoms with Gasteiger partial charge in [-0.2, -0.15) is 0 Å². The lowest BCUT2D eigenvalue weighted by atomic mass is 9.71. The van der Waals surface area contributed by atoms with E-state index in [1.54, 1.807) is 0 Å². The van der Waals surface area contributed by atoms with E-state index in [-0.39, 0.29) is 12.5 Å². The highest BCUT2D eigenvalue weighted by Crippen LogP contribution is 2.38. The normalized spacial score (nSPS) is 26.9. The molecule has 6 nitrogen and oxygen atoms in total. The Morgan fingerprint density at radius 3 is 2.74 bits per heavy atom. The molecule has 0 saturated heterocycles. The lowest BCUT2D eigenvalue weighted by Gasteiger charge is -2.35. The Hall–Kier alpha value is -1.50. The number of aromatic nitrogens is 2. The topological polar surface area (TPSA) is 92.2 Å². The minimum Gasteiger partial charge on any atom is -0.481 e. The van der Waals surface area contributed by atoms with E-state index >= 15 is 0 Å². The van der Waals surface area contributed by atoms with Crippen molar-refractivity contribution in [3.8, 4) is 0 Å². The van der Waals surface area contributed by atoms with Crippen LogP contribution in [0.1, 0.15) is 42.3 Å². The van der Waals surface area contributed by atoms with Gasteiger partial charge in [0.25, 0.3) is 5.91 Å². The van der Waals surface area contributed by atoms with E-state index in [9.17, 15) is 14.7 Å². The van der Waals surface area contributed by atoms with Crippen molar-refractivity contribution < 1.29 is 14.7 Å². The molecule has 7 heteroatoms. The molecule has 0 spiro atoms. The minimum absolute atomic E-state index is 0.172. The molecule has 2 N–H and O–H groups in total. The second-order valence-corrected chi connectivity index (χ2v) is 6.02. The van der Waals surface area contributed by atoms with Crippen molar-refractivity contribution in [3.05, 3.63) is 11.1 Å². The summed E-state index contributed by atoms with van der Waals surface area (Å²) in [7, 11) is 0. The van der Waals surface area contributed by atoms with Crippen molar-refractivity contribution in [1.29, 1.82) is 0 Å². The number of carboxylic acids is 1. The van der Waals surface area contributed by atoms with E-state index in [0.717, 1.165) is 24.4 Å². The lowest BCUT2D eigenvalue weighted by molar-refractivity contribution is -0.151. The van der Waals surface area contributed by atoms with Crippen molar-refractivity contribution in [3.63, 3.8) is 0 Å². The van der Waals surface area contributed by atoms with Gasteiger partial charge in [0.15, 0.2) is 0 Å². The molecule has 0 unspecified atom stereocenters. The average Bonchev–Trinajstić information content (AvgIpc) is 2.92. The van der Waals surface area contributed by atoms with Crippen molar-refractivity contribution in [2.24, 2.45) is 11.3 Å². The fourth-order valence-corrected chi connectivity index (χ4v) is 2.82. The molecule has 1 heterocycles. The van der Waals surface area contributed by atoms with Crippen molar-refractivity contribution in [1.82, 2.24) is 14.9 Å². The average molecular weight is 283 g/mol. The maximum absolute atomic E-state index is 11.8. The first-order chi connectivity index (χ1) is 9.03.